The van der Waals surface area contributed by atoms with Gasteiger partial charge < -0.3 is 5.11 Å². The lowest BCUT2D eigenvalue weighted by molar-refractivity contribution is -0.510. The summed E-state index contributed by atoms with van der Waals surface area (Å²) in [6, 6.07) is 0. The maximum atomic E-state index is 12.0. The minimum atomic E-state index is -0.900. The van der Waals surface area contributed by atoms with Gasteiger partial charge in [0.15, 0.2) is 0 Å². The van der Waals surface area contributed by atoms with Crippen molar-refractivity contribution >= 4 is 5.97 Å². The molecule has 1 unspecified atom stereocenters. The third-order valence-electron chi connectivity index (χ3n) is 5.54. The van der Waals surface area contributed by atoms with Crippen LogP contribution < -0.4 is 0 Å². The van der Waals surface area contributed by atoms with Gasteiger partial charge >= 0.3 is 5.97 Å². The molecule has 1 fully saturated rings. The summed E-state index contributed by atoms with van der Waals surface area (Å²) in [5.41, 5.74) is 0.122. The van der Waals surface area contributed by atoms with Gasteiger partial charge in [0.05, 0.1) is 11.3 Å². The van der Waals surface area contributed by atoms with Gasteiger partial charge in [0, 0.05) is 4.92 Å². The van der Waals surface area contributed by atoms with E-state index < -0.39 is 22.7 Å². The van der Waals surface area contributed by atoms with Crippen LogP contribution in [0, 0.1) is 44.6 Å². The zero-order chi connectivity index (χ0) is 17.6. The number of hydrogen-bond donors (Lipinski definition) is 1. The largest absolute Gasteiger partial charge is 0.481 e. The SMILES string of the molecule is CC(C)CC1=C[C@H]2[C@H](C1)C[C@@]2(C[N+](=O)[O-])C(C(=O)O)C(C)(C)C. The lowest BCUT2D eigenvalue weighted by Gasteiger charge is -2.55. The number of hydrogen-bond acceptors (Lipinski definition) is 3. The summed E-state index contributed by atoms with van der Waals surface area (Å²) >= 11 is 0. The Bertz CT molecular complexity index is 532. The van der Waals surface area contributed by atoms with Crippen LogP contribution in [0.1, 0.15) is 53.9 Å². The van der Waals surface area contributed by atoms with Crippen molar-refractivity contribution in [3.8, 4) is 0 Å². The Kier molecular flexibility index (Phi) is 4.62. The summed E-state index contributed by atoms with van der Waals surface area (Å²) in [6.45, 7) is 9.74. The first-order valence-electron chi connectivity index (χ1n) is 8.51. The average Bonchev–Trinajstić information content (AvgIpc) is 2.62. The van der Waals surface area contributed by atoms with Gasteiger partial charge in [0.2, 0.25) is 6.54 Å². The highest BCUT2D eigenvalue weighted by Gasteiger charge is 2.65. The van der Waals surface area contributed by atoms with Crippen LogP contribution in [0.2, 0.25) is 0 Å². The van der Waals surface area contributed by atoms with Crippen molar-refractivity contribution in [2.24, 2.45) is 34.5 Å². The van der Waals surface area contributed by atoms with Gasteiger partial charge in [-0.25, -0.2) is 0 Å². The molecule has 0 heterocycles. The molecular formula is C18H29NO4. The zero-order valence-electron chi connectivity index (χ0n) is 14.8. The Balaban J connectivity index is 2.37. The molecule has 0 aromatic heterocycles. The second-order valence-electron chi connectivity index (χ2n) is 8.98. The number of allylic oxidation sites excluding steroid dienone is 2. The van der Waals surface area contributed by atoms with Crippen molar-refractivity contribution in [3.63, 3.8) is 0 Å². The molecule has 5 heteroatoms. The lowest BCUT2D eigenvalue weighted by Crippen LogP contribution is -2.59. The summed E-state index contributed by atoms with van der Waals surface area (Å²) in [6.07, 6.45) is 4.83. The quantitative estimate of drug-likeness (QED) is 0.455. The van der Waals surface area contributed by atoms with E-state index >= 15 is 0 Å². The number of aliphatic carboxylic acids is 1. The molecule has 0 aromatic rings. The molecular weight excluding hydrogens is 294 g/mol. The van der Waals surface area contributed by atoms with Gasteiger partial charge in [0.1, 0.15) is 0 Å². The highest BCUT2D eigenvalue weighted by Crippen LogP contribution is 2.64. The van der Waals surface area contributed by atoms with Crippen molar-refractivity contribution in [1.82, 2.24) is 0 Å². The maximum Gasteiger partial charge on any atom is 0.307 e. The van der Waals surface area contributed by atoms with Crippen LogP contribution in [0.5, 0.6) is 0 Å². The highest BCUT2D eigenvalue weighted by molar-refractivity contribution is 5.72. The van der Waals surface area contributed by atoms with Crippen LogP contribution in [0.4, 0.5) is 0 Å². The van der Waals surface area contributed by atoms with Gasteiger partial charge in [-0.15, -0.1) is 0 Å². The Morgan fingerprint density at radius 1 is 1.48 bits per heavy atom. The van der Waals surface area contributed by atoms with Crippen LogP contribution in [-0.4, -0.2) is 22.5 Å². The molecule has 1 saturated carbocycles. The lowest BCUT2D eigenvalue weighted by atomic mass is 9.46. The second kappa shape index (κ2) is 5.91. The molecule has 1 N–H and O–H groups in total. The smallest absolute Gasteiger partial charge is 0.307 e. The summed E-state index contributed by atoms with van der Waals surface area (Å²) in [4.78, 5) is 23.0. The van der Waals surface area contributed by atoms with Crippen LogP contribution in [-0.2, 0) is 4.79 Å². The van der Waals surface area contributed by atoms with Crippen molar-refractivity contribution in [2.75, 3.05) is 6.54 Å². The summed E-state index contributed by atoms with van der Waals surface area (Å²) < 4.78 is 0. The Morgan fingerprint density at radius 3 is 2.52 bits per heavy atom. The van der Waals surface area contributed by atoms with Gasteiger partial charge in [0.25, 0.3) is 0 Å². The Hall–Kier alpha value is -1.39. The van der Waals surface area contributed by atoms with E-state index in [-0.39, 0.29) is 17.4 Å². The topological polar surface area (TPSA) is 80.4 Å². The normalized spacial score (nSPS) is 31.3. The summed E-state index contributed by atoms with van der Waals surface area (Å²) in [7, 11) is 0. The third-order valence-corrected chi connectivity index (χ3v) is 5.54. The standard InChI is InChI=1S/C18H29NO4/c1-11(2)6-12-7-13-9-18(10-19(22)23,14(13)8-12)15(16(20)21)17(3,4)5/h8,11,13-15H,6-7,9-10H2,1-5H3,(H,20,21)/t13-,14+,15?,18+/m1/s1. The number of carboxylic acid groups (broad SMARTS) is 1. The average molecular weight is 323 g/mol. The van der Waals surface area contributed by atoms with Crippen molar-refractivity contribution in [2.45, 2.75) is 53.9 Å². The predicted octanol–water partition coefficient (Wildman–Crippen LogP) is 4.01. The van der Waals surface area contributed by atoms with Crippen LogP contribution in [0.3, 0.4) is 0 Å². The first-order valence-corrected chi connectivity index (χ1v) is 8.51. The summed E-state index contributed by atoms with van der Waals surface area (Å²) in [5.74, 6) is -0.601. The number of nitro groups is 1. The molecule has 0 aromatic carbocycles. The maximum absolute atomic E-state index is 12.0. The van der Waals surface area contributed by atoms with Crippen molar-refractivity contribution in [3.05, 3.63) is 21.8 Å². The molecule has 2 rings (SSSR count). The number of carbonyl (C=O) groups is 1. The first-order chi connectivity index (χ1) is 10.5. The molecule has 23 heavy (non-hydrogen) atoms. The molecule has 2 aliphatic rings. The van der Waals surface area contributed by atoms with Crippen LogP contribution in [0.25, 0.3) is 0 Å². The van der Waals surface area contributed by atoms with E-state index in [1.165, 1.54) is 5.57 Å². The fraction of sp³-hybridized carbons (Fsp3) is 0.833. The molecule has 0 saturated heterocycles. The second-order valence-corrected chi connectivity index (χ2v) is 8.98. The molecule has 0 radical (unpaired) electrons. The Labute approximate surface area is 138 Å². The van der Waals surface area contributed by atoms with E-state index in [0.717, 1.165) is 12.8 Å². The summed E-state index contributed by atoms with van der Waals surface area (Å²) in [5, 5.41) is 21.1. The highest BCUT2D eigenvalue weighted by atomic mass is 16.6. The molecule has 0 amide bonds. The Morgan fingerprint density at radius 2 is 2.09 bits per heavy atom. The number of fused-ring (bicyclic) bond motifs is 1. The molecule has 0 spiro atoms. The minimum Gasteiger partial charge on any atom is -0.481 e. The monoisotopic (exact) mass is 323 g/mol. The van der Waals surface area contributed by atoms with Gasteiger partial charge in [-0.05, 0) is 42.4 Å². The third kappa shape index (κ3) is 3.29. The van der Waals surface area contributed by atoms with Crippen LogP contribution in [0.15, 0.2) is 11.6 Å². The molecule has 0 bridgehead atoms. The number of carboxylic acids is 1. The van der Waals surface area contributed by atoms with Gasteiger partial charge in [-0.3, -0.25) is 14.9 Å². The first kappa shape index (κ1) is 18.0. The minimum absolute atomic E-state index is 0.0435. The molecule has 2 aliphatic carbocycles. The molecule has 4 atom stereocenters. The van der Waals surface area contributed by atoms with E-state index in [2.05, 4.69) is 19.9 Å². The molecule has 0 aliphatic heterocycles. The van der Waals surface area contributed by atoms with Gasteiger partial charge in [-0.1, -0.05) is 46.3 Å². The number of rotatable bonds is 6. The van der Waals surface area contributed by atoms with E-state index in [0.29, 0.717) is 18.3 Å². The van der Waals surface area contributed by atoms with E-state index in [1.54, 1.807) is 0 Å². The van der Waals surface area contributed by atoms with Crippen molar-refractivity contribution in [1.29, 1.82) is 0 Å². The fourth-order valence-corrected chi connectivity index (χ4v) is 5.19. The molecule has 5 nitrogen and oxygen atoms in total. The van der Waals surface area contributed by atoms with E-state index in [1.807, 2.05) is 20.8 Å². The van der Waals surface area contributed by atoms with Crippen LogP contribution >= 0.6 is 0 Å². The fourth-order valence-electron chi connectivity index (χ4n) is 5.19. The van der Waals surface area contributed by atoms with E-state index in [4.69, 9.17) is 0 Å². The van der Waals surface area contributed by atoms with Crippen molar-refractivity contribution < 1.29 is 14.8 Å². The molecule has 130 valence electrons. The zero-order valence-corrected chi connectivity index (χ0v) is 14.8. The predicted molar refractivity (Wildman–Crippen MR) is 88.6 cm³/mol. The van der Waals surface area contributed by atoms with Gasteiger partial charge in [-0.2, -0.15) is 0 Å². The van der Waals surface area contributed by atoms with E-state index in [9.17, 15) is 20.0 Å². The number of nitrogens with zero attached hydrogens (tertiary/aromatic N) is 1.